The summed E-state index contributed by atoms with van der Waals surface area (Å²) in [4.78, 5) is 12.2. The Labute approximate surface area is 177 Å². The fourth-order valence-electron chi connectivity index (χ4n) is 5.67. The van der Waals surface area contributed by atoms with E-state index >= 15 is 0 Å². The maximum absolute atomic E-state index is 13.7. The van der Waals surface area contributed by atoms with Crippen LogP contribution in [0.4, 0.5) is 4.39 Å². The SMILES string of the molecule is CC1CCC(S(=O)(=O)NC23CC(NC(=O)COC4CCC(Cl)C(F)C4)(C2)C3)CC1. The molecule has 0 heterocycles. The van der Waals surface area contributed by atoms with Gasteiger partial charge in [-0.05, 0) is 63.7 Å². The Morgan fingerprint density at radius 1 is 1.10 bits per heavy atom. The van der Waals surface area contributed by atoms with Crippen LogP contribution in [0.1, 0.15) is 71.1 Å². The van der Waals surface area contributed by atoms with Crippen molar-refractivity contribution in [3.63, 3.8) is 0 Å². The smallest absolute Gasteiger partial charge is 0.246 e. The van der Waals surface area contributed by atoms with Gasteiger partial charge in [-0.15, -0.1) is 11.6 Å². The van der Waals surface area contributed by atoms with Gasteiger partial charge < -0.3 is 10.1 Å². The van der Waals surface area contributed by atoms with E-state index in [1.807, 2.05) is 0 Å². The van der Waals surface area contributed by atoms with Crippen molar-refractivity contribution in [2.75, 3.05) is 6.61 Å². The minimum Gasteiger partial charge on any atom is -0.368 e. The quantitative estimate of drug-likeness (QED) is 0.584. The summed E-state index contributed by atoms with van der Waals surface area (Å²) in [6.45, 7) is 2.08. The molecule has 0 aromatic rings. The minimum absolute atomic E-state index is 0.0922. The Kier molecular flexibility index (Phi) is 5.94. The average Bonchev–Trinajstić information content (AvgIpc) is 2.60. The molecule has 6 nitrogen and oxygen atoms in total. The zero-order valence-corrected chi connectivity index (χ0v) is 18.5. The first-order valence-electron chi connectivity index (χ1n) is 10.8. The fourth-order valence-corrected chi connectivity index (χ4v) is 7.78. The number of rotatable bonds is 7. The molecule has 5 saturated carbocycles. The van der Waals surface area contributed by atoms with Crippen LogP contribution < -0.4 is 10.0 Å². The van der Waals surface area contributed by atoms with Crippen molar-refractivity contribution in [1.29, 1.82) is 0 Å². The highest BCUT2D eigenvalue weighted by Crippen LogP contribution is 2.60. The van der Waals surface area contributed by atoms with Crippen LogP contribution in [-0.2, 0) is 19.6 Å². The lowest BCUT2D eigenvalue weighted by Gasteiger charge is -2.70. The van der Waals surface area contributed by atoms with E-state index in [0.29, 0.717) is 38.0 Å². The Morgan fingerprint density at radius 2 is 1.76 bits per heavy atom. The Morgan fingerprint density at radius 3 is 2.38 bits per heavy atom. The molecule has 0 aliphatic heterocycles. The number of hydrogen-bond donors (Lipinski definition) is 2. The zero-order valence-electron chi connectivity index (χ0n) is 17.0. The van der Waals surface area contributed by atoms with E-state index in [-0.39, 0.29) is 41.4 Å². The summed E-state index contributed by atoms with van der Waals surface area (Å²) < 4.78 is 47.6. The third-order valence-electron chi connectivity index (χ3n) is 7.29. The van der Waals surface area contributed by atoms with E-state index in [1.165, 1.54) is 0 Å². The van der Waals surface area contributed by atoms with Crippen LogP contribution in [0.5, 0.6) is 0 Å². The second kappa shape index (κ2) is 7.92. The molecule has 29 heavy (non-hydrogen) atoms. The molecule has 0 spiro atoms. The summed E-state index contributed by atoms with van der Waals surface area (Å²) in [5, 5.41) is 2.26. The lowest BCUT2D eigenvalue weighted by molar-refractivity contribution is -0.144. The normalized spacial score (nSPS) is 44.4. The number of sulfonamides is 1. The molecule has 5 rings (SSSR count). The Hall–Kier alpha value is -0.440. The number of carbonyl (C=O) groups excluding carboxylic acids is 1. The number of alkyl halides is 2. The van der Waals surface area contributed by atoms with Crippen molar-refractivity contribution in [2.24, 2.45) is 5.92 Å². The number of ether oxygens (including phenoxy) is 1. The first-order chi connectivity index (χ1) is 13.6. The summed E-state index contributed by atoms with van der Waals surface area (Å²) in [6.07, 6.45) is 5.41. The maximum Gasteiger partial charge on any atom is 0.246 e. The second-order valence-electron chi connectivity index (χ2n) is 9.95. The van der Waals surface area contributed by atoms with E-state index in [4.69, 9.17) is 16.3 Å². The standard InChI is InChI=1S/C20H32ClFN2O4S/c1-13-2-5-15(6-3-13)29(26,27)24-20-10-19(11-20,12-20)23-18(25)9-28-14-4-7-16(21)17(22)8-14/h13-17,24H,2-12H2,1H3,(H,23,25). The Bertz CT molecular complexity index is 721. The van der Waals surface area contributed by atoms with Crippen LogP contribution >= 0.6 is 11.6 Å². The highest BCUT2D eigenvalue weighted by Gasteiger charge is 2.70. The first kappa shape index (κ1) is 21.8. The van der Waals surface area contributed by atoms with Crippen molar-refractivity contribution in [3.8, 4) is 0 Å². The van der Waals surface area contributed by atoms with Gasteiger partial charge in [-0.1, -0.05) is 6.92 Å². The van der Waals surface area contributed by atoms with E-state index in [9.17, 15) is 17.6 Å². The molecule has 0 radical (unpaired) electrons. The highest BCUT2D eigenvalue weighted by molar-refractivity contribution is 7.90. The van der Waals surface area contributed by atoms with Gasteiger partial charge in [0, 0.05) is 17.5 Å². The second-order valence-corrected chi connectivity index (χ2v) is 12.5. The van der Waals surface area contributed by atoms with Crippen molar-refractivity contribution in [1.82, 2.24) is 10.0 Å². The van der Waals surface area contributed by atoms with Crippen LogP contribution in [0, 0.1) is 5.92 Å². The van der Waals surface area contributed by atoms with Gasteiger partial charge in [-0.25, -0.2) is 17.5 Å². The topological polar surface area (TPSA) is 84.5 Å². The molecule has 9 heteroatoms. The largest absolute Gasteiger partial charge is 0.368 e. The molecule has 0 aromatic heterocycles. The number of carbonyl (C=O) groups is 1. The zero-order chi connectivity index (χ0) is 20.9. The van der Waals surface area contributed by atoms with Crippen molar-refractivity contribution in [2.45, 2.75) is 105 Å². The summed E-state index contributed by atoms with van der Waals surface area (Å²) in [5.41, 5.74) is -0.684. The van der Waals surface area contributed by atoms with Crippen LogP contribution in [0.15, 0.2) is 0 Å². The number of hydrogen-bond acceptors (Lipinski definition) is 4. The fraction of sp³-hybridized carbons (Fsp3) is 0.950. The van der Waals surface area contributed by atoms with Crippen LogP contribution in [0.25, 0.3) is 0 Å². The molecule has 166 valence electrons. The van der Waals surface area contributed by atoms with Gasteiger partial charge in [0.2, 0.25) is 15.9 Å². The highest BCUT2D eigenvalue weighted by atomic mass is 35.5. The number of nitrogens with one attached hydrogen (secondary N) is 2. The van der Waals surface area contributed by atoms with E-state index in [2.05, 4.69) is 17.0 Å². The van der Waals surface area contributed by atoms with Gasteiger partial charge >= 0.3 is 0 Å². The number of amides is 1. The molecule has 0 saturated heterocycles. The summed E-state index contributed by atoms with van der Waals surface area (Å²) in [5.74, 6) is 0.392. The molecule has 0 aromatic carbocycles. The van der Waals surface area contributed by atoms with Gasteiger partial charge in [0.25, 0.3) is 0 Å². The van der Waals surface area contributed by atoms with E-state index in [0.717, 1.165) is 25.7 Å². The third-order valence-corrected chi connectivity index (χ3v) is 9.85. The molecule has 1 amide bonds. The summed E-state index contributed by atoms with van der Waals surface area (Å²) >= 11 is 5.87. The average molecular weight is 451 g/mol. The van der Waals surface area contributed by atoms with Crippen molar-refractivity contribution < 1.29 is 22.3 Å². The van der Waals surface area contributed by atoms with Gasteiger partial charge in [0.15, 0.2) is 0 Å². The van der Waals surface area contributed by atoms with Gasteiger partial charge in [-0.3, -0.25) is 4.79 Å². The van der Waals surface area contributed by atoms with E-state index < -0.39 is 21.6 Å². The van der Waals surface area contributed by atoms with Gasteiger partial charge in [0.05, 0.1) is 16.7 Å². The molecular formula is C20H32ClFN2O4S. The first-order valence-corrected chi connectivity index (χ1v) is 12.8. The minimum atomic E-state index is -3.31. The molecule has 5 fully saturated rings. The van der Waals surface area contributed by atoms with Crippen LogP contribution in [-0.4, -0.2) is 54.9 Å². The molecule has 5 aliphatic carbocycles. The van der Waals surface area contributed by atoms with Crippen LogP contribution in [0.3, 0.4) is 0 Å². The predicted molar refractivity (Wildman–Crippen MR) is 109 cm³/mol. The summed E-state index contributed by atoms with van der Waals surface area (Å²) in [7, 11) is -3.31. The lowest BCUT2D eigenvalue weighted by Crippen LogP contribution is -2.84. The lowest BCUT2D eigenvalue weighted by atomic mass is 9.44. The molecule has 3 unspecified atom stereocenters. The van der Waals surface area contributed by atoms with Crippen molar-refractivity contribution in [3.05, 3.63) is 0 Å². The summed E-state index contributed by atoms with van der Waals surface area (Å²) in [6, 6.07) is 0. The van der Waals surface area contributed by atoms with E-state index in [1.54, 1.807) is 0 Å². The number of halogens is 2. The monoisotopic (exact) mass is 450 g/mol. The van der Waals surface area contributed by atoms with Gasteiger partial charge in [0.1, 0.15) is 12.8 Å². The molecule has 2 bridgehead atoms. The van der Waals surface area contributed by atoms with Crippen LogP contribution in [0.2, 0.25) is 0 Å². The molecule has 5 aliphatic rings. The molecular weight excluding hydrogens is 419 g/mol. The molecule has 2 N–H and O–H groups in total. The third kappa shape index (κ3) is 4.60. The molecule has 3 atom stereocenters. The predicted octanol–water partition coefficient (Wildman–Crippen LogP) is 2.79. The Balaban J connectivity index is 1.18. The van der Waals surface area contributed by atoms with Crippen molar-refractivity contribution >= 4 is 27.5 Å². The van der Waals surface area contributed by atoms with Gasteiger partial charge in [-0.2, -0.15) is 0 Å². The maximum atomic E-state index is 13.7.